The Morgan fingerprint density at radius 2 is 2.04 bits per heavy atom. The Labute approximate surface area is 148 Å². The molecular formula is C17H25N3O4S. The Morgan fingerprint density at radius 3 is 2.72 bits per heavy atom. The van der Waals surface area contributed by atoms with Gasteiger partial charge in [0.2, 0.25) is 15.9 Å². The molecule has 138 valence electrons. The first kappa shape index (κ1) is 19.4. The second-order valence-electron chi connectivity index (χ2n) is 6.41. The number of hydrogen-bond donors (Lipinski definition) is 3. The normalized spacial score (nSPS) is 15.6. The first-order valence-electron chi connectivity index (χ1n) is 8.46. The van der Waals surface area contributed by atoms with Crippen LogP contribution in [0.3, 0.4) is 0 Å². The molecule has 3 N–H and O–H groups in total. The minimum atomic E-state index is -3.24. The number of nitrogens with zero attached hydrogens (tertiary/aromatic N) is 1. The predicted octanol–water partition coefficient (Wildman–Crippen LogP) is 2.25. The molecular weight excluding hydrogens is 342 g/mol. The molecule has 0 aromatic heterocycles. The van der Waals surface area contributed by atoms with Crippen molar-refractivity contribution < 1.29 is 18.4 Å². The van der Waals surface area contributed by atoms with Crippen LogP contribution in [0.25, 0.3) is 0 Å². The second-order valence-corrected chi connectivity index (χ2v) is 8.73. The summed E-state index contributed by atoms with van der Waals surface area (Å²) in [5.41, 5.74) is 3.40. The third-order valence-electron chi connectivity index (χ3n) is 4.21. The van der Waals surface area contributed by atoms with Crippen molar-refractivity contribution in [1.29, 1.82) is 0 Å². The summed E-state index contributed by atoms with van der Waals surface area (Å²) in [4.78, 5) is 12.0. The molecule has 0 saturated heterocycles. The van der Waals surface area contributed by atoms with Gasteiger partial charge in [0.25, 0.3) is 0 Å². The van der Waals surface area contributed by atoms with Crippen molar-refractivity contribution >= 4 is 27.3 Å². The number of benzene rings is 1. The average molecular weight is 367 g/mol. The second kappa shape index (κ2) is 8.44. The number of carbonyl (C=O) groups excluding carboxylic acids is 1. The summed E-state index contributed by atoms with van der Waals surface area (Å²) >= 11 is 0. The van der Waals surface area contributed by atoms with Gasteiger partial charge in [-0.25, -0.2) is 13.1 Å². The molecule has 1 aliphatic carbocycles. The third kappa shape index (κ3) is 5.27. The van der Waals surface area contributed by atoms with Gasteiger partial charge < -0.3 is 10.5 Å². The standard InChI is InChI=1S/C17H25N3O4S/c1-12(2)25(23,24)18-10-4-3-5-17(21)19-14-7-8-15-13(11-14)6-9-16(15)20-22/h7-8,11-12,18,22H,3-6,9-10H2,1-2H3,(H,19,21)/b20-16+. The highest BCUT2D eigenvalue weighted by molar-refractivity contribution is 7.90. The monoisotopic (exact) mass is 367 g/mol. The molecule has 7 nitrogen and oxygen atoms in total. The van der Waals surface area contributed by atoms with Gasteiger partial charge in [-0.3, -0.25) is 4.79 Å². The van der Waals surface area contributed by atoms with Crippen LogP contribution in [0.1, 0.15) is 50.7 Å². The van der Waals surface area contributed by atoms with Gasteiger partial charge in [0.15, 0.2) is 0 Å². The molecule has 0 saturated carbocycles. The summed E-state index contributed by atoms with van der Waals surface area (Å²) < 4.78 is 25.7. The van der Waals surface area contributed by atoms with E-state index in [1.54, 1.807) is 19.9 Å². The highest BCUT2D eigenvalue weighted by atomic mass is 32.2. The Balaban J connectivity index is 1.75. The van der Waals surface area contributed by atoms with Crippen LogP contribution >= 0.6 is 0 Å². The SMILES string of the molecule is CC(C)S(=O)(=O)NCCCCC(=O)Nc1ccc2c(c1)CC/C2=N\O. The van der Waals surface area contributed by atoms with Crippen molar-refractivity contribution in [2.45, 2.75) is 51.2 Å². The van der Waals surface area contributed by atoms with Gasteiger partial charge in [0.1, 0.15) is 0 Å². The van der Waals surface area contributed by atoms with E-state index in [1.807, 2.05) is 12.1 Å². The van der Waals surface area contributed by atoms with Crippen LogP contribution in [0.4, 0.5) is 5.69 Å². The number of oxime groups is 1. The zero-order valence-electron chi connectivity index (χ0n) is 14.6. The number of aryl methyl sites for hydroxylation is 1. The largest absolute Gasteiger partial charge is 0.411 e. The van der Waals surface area contributed by atoms with Crippen LogP contribution < -0.4 is 10.0 Å². The van der Waals surface area contributed by atoms with Gasteiger partial charge in [0.05, 0.1) is 11.0 Å². The van der Waals surface area contributed by atoms with E-state index in [0.29, 0.717) is 37.9 Å². The molecule has 0 aliphatic heterocycles. The van der Waals surface area contributed by atoms with Gasteiger partial charge in [-0.1, -0.05) is 11.2 Å². The molecule has 0 heterocycles. The van der Waals surface area contributed by atoms with Gasteiger partial charge >= 0.3 is 0 Å². The maximum absolute atomic E-state index is 12.0. The summed E-state index contributed by atoms with van der Waals surface area (Å²) in [5.74, 6) is -0.0966. The van der Waals surface area contributed by atoms with Crippen LogP contribution in [-0.2, 0) is 21.2 Å². The molecule has 0 atom stereocenters. The van der Waals surface area contributed by atoms with Gasteiger partial charge in [-0.15, -0.1) is 0 Å². The fourth-order valence-corrected chi connectivity index (χ4v) is 3.43. The van der Waals surface area contributed by atoms with E-state index < -0.39 is 15.3 Å². The summed E-state index contributed by atoms with van der Waals surface area (Å²) in [5, 5.41) is 14.6. The van der Waals surface area contributed by atoms with E-state index in [2.05, 4.69) is 15.2 Å². The Hall–Kier alpha value is -1.93. The molecule has 0 spiro atoms. The van der Waals surface area contributed by atoms with Crippen LogP contribution in [0.15, 0.2) is 23.4 Å². The number of anilines is 1. The number of nitrogens with one attached hydrogen (secondary N) is 2. The van der Waals surface area contributed by atoms with Gasteiger partial charge in [-0.05, 0) is 57.2 Å². The summed E-state index contributed by atoms with van der Waals surface area (Å²) in [6.07, 6.45) is 3.06. The Kier molecular flexibility index (Phi) is 6.55. The predicted molar refractivity (Wildman–Crippen MR) is 97.6 cm³/mol. The number of fused-ring (bicyclic) bond motifs is 1. The molecule has 0 radical (unpaired) electrons. The fraction of sp³-hybridized carbons (Fsp3) is 0.529. The van der Waals surface area contributed by atoms with Crippen LogP contribution in [0.5, 0.6) is 0 Å². The molecule has 1 aromatic rings. The van der Waals surface area contributed by atoms with E-state index in [0.717, 1.165) is 23.2 Å². The van der Waals surface area contributed by atoms with E-state index in [1.165, 1.54) is 0 Å². The van der Waals surface area contributed by atoms with Crippen molar-refractivity contribution in [2.75, 3.05) is 11.9 Å². The molecule has 25 heavy (non-hydrogen) atoms. The lowest BCUT2D eigenvalue weighted by Crippen LogP contribution is -2.31. The summed E-state index contributed by atoms with van der Waals surface area (Å²) in [7, 11) is -3.24. The maximum Gasteiger partial charge on any atom is 0.224 e. The number of unbranched alkanes of at least 4 members (excludes halogenated alkanes) is 1. The lowest BCUT2D eigenvalue weighted by atomic mass is 10.1. The minimum absolute atomic E-state index is 0.0966. The maximum atomic E-state index is 12.0. The number of hydrogen-bond acceptors (Lipinski definition) is 5. The quantitative estimate of drug-likeness (QED) is 0.372. The molecule has 8 heteroatoms. The fourth-order valence-electron chi connectivity index (χ4n) is 2.67. The zero-order chi connectivity index (χ0) is 18.4. The Morgan fingerprint density at radius 1 is 1.28 bits per heavy atom. The average Bonchev–Trinajstić information content (AvgIpc) is 2.96. The lowest BCUT2D eigenvalue weighted by Gasteiger charge is -2.09. The number of amides is 1. The van der Waals surface area contributed by atoms with Crippen molar-refractivity contribution in [1.82, 2.24) is 4.72 Å². The van der Waals surface area contributed by atoms with Crippen LogP contribution in [-0.4, -0.2) is 37.0 Å². The lowest BCUT2D eigenvalue weighted by molar-refractivity contribution is -0.116. The molecule has 1 aliphatic rings. The van der Waals surface area contributed by atoms with Crippen LogP contribution in [0.2, 0.25) is 0 Å². The van der Waals surface area contributed by atoms with E-state index in [9.17, 15) is 13.2 Å². The first-order valence-corrected chi connectivity index (χ1v) is 10.0. The first-order chi connectivity index (χ1) is 11.8. The topological polar surface area (TPSA) is 108 Å². The number of carbonyl (C=O) groups is 1. The molecule has 1 aromatic carbocycles. The molecule has 1 amide bonds. The van der Waals surface area contributed by atoms with Crippen molar-refractivity contribution in [2.24, 2.45) is 5.16 Å². The highest BCUT2D eigenvalue weighted by Crippen LogP contribution is 2.25. The zero-order valence-corrected chi connectivity index (χ0v) is 15.4. The van der Waals surface area contributed by atoms with E-state index in [-0.39, 0.29) is 5.91 Å². The molecule has 0 fully saturated rings. The number of sulfonamides is 1. The summed E-state index contributed by atoms with van der Waals surface area (Å²) in [6.45, 7) is 3.60. The van der Waals surface area contributed by atoms with E-state index >= 15 is 0 Å². The molecule has 0 bridgehead atoms. The van der Waals surface area contributed by atoms with Gasteiger partial charge in [0, 0.05) is 24.2 Å². The third-order valence-corrected chi connectivity index (χ3v) is 6.05. The van der Waals surface area contributed by atoms with Crippen molar-refractivity contribution in [3.05, 3.63) is 29.3 Å². The van der Waals surface area contributed by atoms with Crippen molar-refractivity contribution in [3.8, 4) is 0 Å². The number of rotatable bonds is 8. The highest BCUT2D eigenvalue weighted by Gasteiger charge is 2.18. The minimum Gasteiger partial charge on any atom is -0.411 e. The van der Waals surface area contributed by atoms with E-state index in [4.69, 9.17) is 5.21 Å². The van der Waals surface area contributed by atoms with Crippen LogP contribution in [0, 0.1) is 0 Å². The van der Waals surface area contributed by atoms with Crippen molar-refractivity contribution in [3.63, 3.8) is 0 Å². The smallest absolute Gasteiger partial charge is 0.224 e. The van der Waals surface area contributed by atoms with Gasteiger partial charge in [-0.2, -0.15) is 0 Å². The molecule has 2 rings (SSSR count). The summed E-state index contributed by atoms with van der Waals surface area (Å²) in [6, 6.07) is 5.56. The Bertz CT molecular complexity index is 757. The molecule has 0 unspecified atom stereocenters.